The van der Waals surface area contributed by atoms with E-state index in [0.29, 0.717) is 31.5 Å². The normalized spacial score (nSPS) is 16.8. The van der Waals surface area contributed by atoms with Crippen molar-refractivity contribution in [3.63, 3.8) is 0 Å². The fraction of sp³-hybridized carbons (Fsp3) is 0.304. The van der Waals surface area contributed by atoms with Gasteiger partial charge < -0.3 is 10.6 Å². The number of aryl methyl sites for hydroxylation is 1. The van der Waals surface area contributed by atoms with E-state index >= 15 is 0 Å². The van der Waals surface area contributed by atoms with Gasteiger partial charge in [-0.05, 0) is 49.1 Å². The molecule has 2 aromatic carbocycles. The van der Waals surface area contributed by atoms with Crippen LogP contribution in [-0.2, 0) is 26.0 Å². The number of carbonyl (C=O) groups excluding carboxylic acids is 2. The van der Waals surface area contributed by atoms with E-state index in [4.69, 9.17) is 11.6 Å². The Bertz CT molecular complexity index is 1090. The van der Waals surface area contributed by atoms with Gasteiger partial charge >= 0.3 is 0 Å². The van der Waals surface area contributed by atoms with Crippen molar-refractivity contribution in [1.82, 2.24) is 9.62 Å². The lowest BCUT2D eigenvalue weighted by molar-refractivity contribution is -0.117. The molecule has 7 nitrogen and oxygen atoms in total. The summed E-state index contributed by atoms with van der Waals surface area (Å²) in [5, 5.41) is 5.63. The molecule has 32 heavy (non-hydrogen) atoms. The Kier molecular flexibility index (Phi) is 8.06. The van der Waals surface area contributed by atoms with E-state index in [1.807, 2.05) is 30.3 Å². The maximum atomic E-state index is 13.1. The minimum atomic E-state index is -3.79. The van der Waals surface area contributed by atoms with Gasteiger partial charge in [-0.3, -0.25) is 9.59 Å². The molecule has 1 aliphatic rings. The van der Waals surface area contributed by atoms with Gasteiger partial charge in [0.1, 0.15) is 0 Å². The summed E-state index contributed by atoms with van der Waals surface area (Å²) in [6.45, 7) is 3.96. The molecule has 0 radical (unpaired) electrons. The van der Waals surface area contributed by atoms with Crippen LogP contribution in [0.1, 0.15) is 24.8 Å². The lowest BCUT2D eigenvalue weighted by Crippen LogP contribution is -2.49. The number of amides is 2. The predicted octanol–water partition coefficient (Wildman–Crippen LogP) is 3.37. The smallest absolute Gasteiger partial charge is 0.243 e. The van der Waals surface area contributed by atoms with Crippen LogP contribution in [0.25, 0.3) is 0 Å². The second-order valence-electron chi connectivity index (χ2n) is 7.59. The minimum Gasteiger partial charge on any atom is -0.349 e. The SMILES string of the molecule is C=CC(=O)N[C@H]1CCCN(S(=O)(=O)c2ccc(NC(=O)CCc3ccccc3)c(Cl)c2)C1. The Morgan fingerprint density at radius 3 is 2.62 bits per heavy atom. The number of nitrogens with one attached hydrogen (secondary N) is 2. The second kappa shape index (κ2) is 10.8. The average Bonchev–Trinajstić information content (AvgIpc) is 2.79. The van der Waals surface area contributed by atoms with Gasteiger partial charge in [-0.2, -0.15) is 4.31 Å². The van der Waals surface area contributed by atoms with E-state index < -0.39 is 10.0 Å². The molecule has 0 unspecified atom stereocenters. The maximum absolute atomic E-state index is 13.1. The highest BCUT2D eigenvalue weighted by Gasteiger charge is 2.31. The summed E-state index contributed by atoms with van der Waals surface area (Å²) < 4.78 is 27.5. The summed E-state index contributed by atoms with van der Waals surface area (Å²) >= 11 is 6.29. The number of halogens is 1. The third-order valence-corrected chi connectivity index (χ3v) is 7.43. The highest BCUT2D eigenvalue weighted by Crippen LogP contribution is 2.28. The Morgan fingerprint density at radius 2 is 1.94 bits per heavy atom. The van der Waals surface area contributed by atoms with Crippen LogP contribution >= 0.6 is 11.6 Å². The molecule has 0 spiro atoms. The molecule has 2 aromatic rings. The lowest BCUT2D eigenvalue weighted by atomic mass is 10.1. The molecule has 170 valence electrons. The van der Waals surface area contributed by atoms with E-state index in [-0.39, 0.29) is 40.7 Å². The Labute approximate surface area is 193 Å². The van der Waals surface area contributed by atoms with Crippen molar-refractivity contribution < 1.29 is 18.0 Å². The largest absolute Gasteiger partial charge is 0.349 e. The van der Waals surface area contributed by atoms with Crippen molar-refractivity contribution in [3.8, 4) is 0 Å². The number of carbonyl (C=O) groups is 2. The Hall–Kier alpha value is -2.68. The molecule has 1 aliphatic heterocycles. The van der Waals surface area contributed by atoms with Crippen LogP contribution in [0.4, 0.5) is 5.69 Å². The number of hydrogen-bond donors (Lipinski definition) is 2. The summed E-state index contributed by atoms with van der Waals surface area (Å²) in [6.07, 6.45) is 3.37. The number of rotatable bonds is 8. The van der Waals surface area contributed by atoms with Crippen molar-refractivity contribution in [2.45, 2.75) is 36.6 Å². The van der Waals surface area contributed by atoms with Crippen molar-refractivity contribution in [3.05, 3.63) is 71.8 Å². The fourth-order valence-electron chi connectivity index (χ4n) is 3.56. The molecule has 0 aliphatic carbocycles. The van der Waals surface area contributed by atoms with Crippen molar-refractivity contribution >= 4 is 39.1 Å². The summed E-state index contributed by atoms with van der Waals surface area (Å²) in [6, 6.07) is 13.7. The fourth-order valence-corrected chi connectivity index (χ4v) is 5.40. The molecule has 0 saturated carbocycles. The van der Waals surface area contributed by atoms with Gasteiger partial charge in [-0.1, -0.05) is 48.5 Å². The number of hydrogen-bond acceptors (Lipinski definition) is 4. The molecule has 1 atom stereocenters. The van der Waals surface area contributed by atoms with Gasteiger partial charge in [0.15, 0.2) is 0 Å². The van der Waals surface area contributed by atoms with Crippen molar-refractivity contribution in [2.24, 2.45) is 0 Å². The van der Waals surface area contributed by atoms with E-state index in [0.717, 1.165) is 5.56 Å². The maximum Gasteiger partial charge on any atom is 0.243 e. The Balaban J connectivity index is 1.64. The van der Waals surface area contributed by atoms with Gasteiger partial charge in [0.05, 0.1) is 15.6 Å². The highest BCUT2D eigenvalue weighted by atomic mass is 35.5. The molecule has 9 heteroatoms. The van der Waals surface area contributed by atoms with Crippen LogP contribution in [0.3, 0.4) is 0 Å². The van der Waals surface area contributed by atoms with Crippen LogP contribution in [-0.4, -0.2) is 43.7 Å². The molecular weight excluding hydrogens is 450 g/mol. The van der Waals surface area contributed by atoms with E-state index in [9.17, 15) is 18.0 Å². The quantitative estimate of drug-likeness (QED) is 0.572. The second-order valence-corrected chi connectivity index (χ2v) is 9.94. The van der Waals surface area contributed by atoms with E-state index in [1.165, 1.54) is 28.6 Å². The van der Waals surface area contributed by atoms with Gasteiger partial charge in [0.2, 0.25) is 21.8 Å². The summed E-state index contributed by atoms with van der Waals surface area (Å²) in [7, 11) is -3.79. The first-order valence-electron chi connectivity index (χ1n) is 10.4. The first-order valence-corrected chi connectivity index (χ1v) is 12.2. The molecule has 1 saturated heterocycles. The molecule has 1 heterocycles. The summed E-state index contributed by atoms with van der Waals surface area (Å²) in [5.41, 5.74) is 1.41. The van der Waals surface area contributed by atoms with Crippen molar-refractivity contribution in [1.29, 1.82) is 0 Å². The van der Waals surface area contributed by atoms with Crippen LogP contribution < -0.4 is 10.6 Å². The number of piperidine rings is 1. The monoisotopic (exact) mass is 475 g/mol. The van der Waals surface area contributed by atoms with Gasteiger partial charge in [0.25, 0.3) is 0 Å². The van der Waals surface area contributed by atoms with Crippen LogP contribution in [0, 0.1) is 0 Å². The van der Waals surface area contributed by atoms with Crippen LogP contribution in [0.5, 0.6) is 0 Å². The zero-order valence-corrected chi connectivity index (χ0v) is 19.2. The Morgan fingerprint density at radius 1 is 1.19 bits per heavy atom. The molecule has 1 fully saturated rings. The van der Waals surface area contributed by atoms with E-state index in [2.05, 4.69) is 17.2 Å². The lowest BCUT2D eigenvalue weighted by Gasteiger charge is -2.32. The number of benzene rings is 2. The molecule has 2 N–H and O–H groups in total. The molecule has 3 rings (SSSR count). The van der Waals surface area contributed by atoms with Gasteiger partial charge in [-0.25, -0.2) is 8.42 Å². The molecule has 2 amide bonds. The summed E-state index contributed by atoms with van der Waals surface area (Å²) in [4.78, 5) is 23.9. The first-order chi connectivity index (χ1) is 15.3. The average molecular weight is 476 g/mol. The number of sulfonamides is 1. The minimum absolute atomic E-state index is 0.0421. The topological polar surface area (TPSA) is 95.6 Å². The zero-order chi connectivity index (χ0) is 23.1. The number of anilines is 1. The van der Waals surface area contributed by atoms with Crippen LogP contribution in [0.2, 0.25) is 5.02 Å². The van der Waals surface area contributed by atoms with Crippen LogP contribution in [0.15, 0.2) is 66.1 Å². The molecular formula is C23H26ClN3O4S. The summed E-state index contributed by atoms with van der Waals surface area (Å²) in [5.74, 6) is -0.534. The molecule has 0 bridgehead atoms. The highest BCUT2D eigenvalue weighted by molar-refractivity contribution is 7.89. The molecule has 0 aromatic heterocycles. The third kappa shape index (κ3) is 6.18. The first kappa shape index (κ1) is 24.0. The third-order valence-electron chi connectivity index (χ3n) is 5.25. The number of nitrogens with zero attached hydrogens (tertiary/aromatic N) is 1. The van der Waals surface area contributed by atoms with Gasteiger partial charge in [-0.15, -0.1) is 0 Å². The van der Waals surface area contributed by atoms with E-state index in [1.54, 1.807) is 0 Å². The van der Waals surface area contributed by atoms with Crippen molar-refractivity contribution in [2.75, 3.05) is 18.4 Å². The van der Waals surface area contributed by atoms with Gasteiger partial charge in [0, 0.05) is 25.6 Å². The zero-order valence-electron chi connectivity index (χ0n) is 17.6. The predicted molar refractivity (Wildman–Crippen MR) is 125 cm³/mol. The standard InChI is InChI=1S/C23H26ClN3O4S/c1-2-22(28)25-18-9-6-14-27(16-18)32(30,31)19-11-12-21(20(24)15-19)26-23(29)13-10-17-7-4-3-5-8-17/h2-5,7-8,11-12,15,18H,1,6,9-10,13-14,16H2,(H,25,28)(H,26,29)/t18-/m0/s1.